The quantitative estimate of drug-likeness (QED) is 0.928. The molecule has 118 valence electrons. The number of rotatable bonds is 4. The molecule has 0 bridgehead atoms. The van der Waals surface area contributed by atoms with Gasteiger partial charge in [0.25, 0.3) is 0 Å². The first-order valence-corrected chi connectivity index (χ1v) is 7.30. The van der Waals surface area contributed by atoms with E-state index in [1.165, 1.54) is 5.56 Å². The number of carbonyl (C=O) groups excluding carboxylic acids is 1. The van der Waals surface area contributed by atoms with Crippen LogP contribution in [0.5, 0.6) is 5.75 Å². The Labute approximate surface area is 133 Å². The van der Waals surface area contributed by atoms with Crippen molar-refractivity contribution in [3.63, 3.8) is 0 Å². The van der Waals surface area contributed by atoms with Gasteiger partial charge in [-0.25, -0.2) is 0 Å². The lowest BCUT2D eigenvalue weighted by Gasteiger charge is -2.38. The maximum Gasteiger partial charge on any atom is 0.226 e. The van der Waals surface area contributed by atoms with E-state index in [2.05, 4.69) is 19.2 Å². The Kier molecular flexibility index (Phi) is 6.99. The van der Waals surface area contributed by atoms with Gasteiger partial charge < -0.3 is 15.0 Å². The van der Waals surface area contributed by atoms with Gasteiger partial charge in [0.05, 0.1) is 13.0 Å². The molecule has 0 saturated carbocycles. The van der Waals surface area contributed by atoms with Crippen LogP contribution in [-0.4, -0.2) is 42.6 Å². The normalized spacial score (nSPS) is 21.6. The highest BCUT2D eigenvalue weighted by Gasteiger charge is 2.27. The summed E-state index contributed by atoms with van der Waals surface area (Å²) in [5.41, 5.74) is 1.17. The van der Waals surface area contributed by atoms with Crippen LogP contribution in [0.25, 0.3) is 0 Å². The summed E-state index contributed by atoms with van der Waals surface area (Å²) in [4.78, 5) is 14.2. The predicted molar refractivity (Wildman–Crippen MR) is 87.2 cm³/mol. The van der Waals surface area contributed by atoms with E-state index in [1.807, 2.05) is 36.1 Å². The lowest BCUT2D eigenvalue weighted by molar-refractivity contribution is -0.135. The monoisotopic (exact) mass is 312 g/mol. The number of hydrogen-bond donors (Lipinski definition) is 1. The van der Waals surface area contributed by atoms with E-state index in [4.69, 9.17) is 4.74 Å². The number of piperazine rings is 1. The summed E-state index contributed by atoms with van der Waals surface area (Å²) in [5.74, 6) is 1.01. The molecule has 1 saturated heterocycles. The molecule has 0 spiro atoms. The lowest BCUT2D eigenvalue weighted by atomic mass is 10.1. The zero-order valence-corrected chi connectivity index (χ0v) is 13.8. The first kappa shape index (κ1) is 17.8. The SMILES string of the molecule is Cc1cccc(OCCC(=O)N2CCNC(C)C2C)c1.Cl. The van der Waals surface area contributed by atoms with Gasteiger partial charge in [0.1, 0.15) is 5.75 Å². The number of ether oxygens (including phenoxy) is 1. The Morgan fingerprint density at radius 1 is 1.43 bits per heavy atom. The molecule has 2 unspecified atom stereocenters. The van der Waals surface area contributed by atoms with Crippen LogP contribution in [0.3, 0.4) is 0 Å². The first-order valence-electron chi connectivity index (χ1n) is 7.30. The molecule has 5 heteroatoms. The van der Waals surface area contributed by atoms with Crippen molar-refractivity contribution >= 4 is 18.3 Å². The largest absolute Gasteiger partial charge is 0.493 e. The summed E-state index contributed by atoms with van der Waals surface area (Å²) in [6.45, 7) is 8.34. The highest BCUT2D eigenvalue weighted by molar-refractivity contribution is 5.85. The zero-order chi connectivity index (χ0) is 14.5. The van der Waals surface area contributed by atoms with Gasteiger partial charge in [0, 0.05) is 25.2 Å². The number of hydrogen-bond acceptors (Lipinski definition) is 3. The van der Waals surface area contributed by atoms with Crippen molar-refractivity contribution in [1.82, 2.24) is 10.2 Å². The fourth-order valence-electron chi connectivity index (χ4n) is 2.51. The average Bonchev–Trinajstić information content (AvgIpc) is 2.42. The average molecular weight is 313 g/mol. The Bertz CT molecular complexity index is 467. The van der Waals surface area contributed by atoms with Crippen LogP contribution in [0.2, 0.25) is 0 Å². The molecule has 1 aliphatic heterocycles. The van der Waals surface area contributed by atoms with Gasteiger partial charge in [0.15, 0.2) is 0 Å². The van der Waals surface area contributed by atoms with Crippen molar-refractivity contribution in [3.05, 3.63) is 29.8 Å². The Hall–Kier alpha value is -1.26. The maximum absolute atomic E-state index is 12.2. The fraction of sp³-hybridized carbons (Fsp3) is 0.562. The highest BCUT2D eigenvalue weighted by atomic mass is 35.5. The van der Waals surface area contributed by atoms with E-state index in [9.17, 15) is 4.79 Å². The zero-order valence-electron chi connectivity index (χ0n) is 13.0. The minimum absolute atomic E-state index is 0. The molecule has 21 heavy (non-hydrogen) atoms. The molecule has 1 aromatic carbocycles. The molecule has 1 aromatic rings. The molecule has 2 atom stereocenters. The molecule has 2 rings (SSSR count). The third-order valence-corrected chi connectivity index (χ3v) is 3.93. The van der Waals surface area contributed by atoms with Crippen molar-refractivity contribution in [2.24, 2.45) is 0 Å². The van der Waals surface area contributed by atoms with Gasteiger partial charge in [0.2, 0.25) is 5.91 Å². The number of benzene rings is 1. The summed E-state index contributed by atoms with van der Waals surface area (Å²) in [7, 11) is 0. The molecule has 0 aromatic heterocycles. The van der Waals surface area contributed by atoms with E-state index in [-0.39, 0.29) is 24.4 Å². The Morgan fingerprint density at radius 3 is 2.90 bits per heavy atom. The molecule has 1 aliphatic rings. The second-order valence-electron chi connectivity index (χ2n) is 5.49. The van der Waals surface area contributed by atoms with Crippen LogP contribution in [0.15, 0.2) is 24.3 Å². The van der Waals surface area contributed by atoms with Crippen LogP contribution in [0.1, 0.15) is 25.8 Å². The number of amides is 1. The van der Waals surface area contributed by atoms with Crippen molar-refractivity contribution in [2.75, 3.05) is 19.7 Å². The molecule has 1 fully saturated rings. The molecule has 0 aliphatic carbocycles. The number of nitrogens with one attached hydrogen (secondary N) is 1. The summed E-state index contributed by atoms with van der Waals surface area (Å²) in [5, 5.41) is 3.38. The number of carbonyl (C=O) groups is 1. The van der Waals surface area contributed by atoms with E-state index in [0.29, 0.717) is 19.1 Å². The standard InChI is InChI=1S/C16H24N2O2.ClH/c1-12-5-4-6-15(11-12)20-10-7-16(19)18-9-8-17-13(2)14(18)3;/h4-6,11,13-14,17H,7-10H2,1-3H3;1H. The minimum atomic E-state index is 0. The third-order valence-electron chi connectivity index (χ3n) is 3.93. The molecule has 1 amide bonds. The van der Waals surface area contributed by atoms with Gasteiger partial charge in [-0.05, 0) is 38.5 Å². The molecule has 0 radical (unpaired) electrons. The van der Waals surface area contributed by atoms with Gasteiger partial charge in [-0.2, -0.15) is 0 Å². The van der Waals surface area contributed by atoms with Gasteiger partial charge >= 0.3 is 0 Å². The van der Waals surface area contributed by atoms with Gasteiger partial charge in [-0.1, -0.05) is 12.1 Å². The van der Waals surface area contributed by atoms with E-state index < -0.39 is 0 Å². The highest BCUT2D eigenvalue weighted by Crippen LogP contribution is 2.14. The molecular weight excluding hydrogens is 288 g/mol. The summed E-state index contributed by atoms with van der Waals surface area (Å²) < 4.78 is 5.65. The number of nitrogens with zero attached hydrogens (tertiary/aromatic N) is 1. The molecule has 1 N–H and O–H groups in total. The molecule has 1 heterocycles. The van der Waals surface area contributed by atoms with E-state index in [0.717, 1.165) is 18.8 Å². The van der Waals surface area contributed by atoms with Crippen LogP contribution in [-0.2, 0) is 4.79 Å². The first-order chi connectivity index (χ1) is 9.58. The maximum atomic E-state index is 12.2. The number of halogens is 1. The smallest absolute Gasteiger partial charge is 0.226 e. The van der Waals surface area contributed by atoms with Crippen LogP contribution < -0.4 is 10.1 Å². The van der Waals surface area contributed by atoms with Crippen molar-refractivity contribution in [3.8, 4) is 5.75 Å². The second kappa shape index (κ2) is 8.25. The van der Waals surface area contributed by atoms with Crippen LogP contribution in [0, 0.1) is 6.92 Å². The molecule has 4 nitrogen and oxygen atoms in total. The lowest BCUT2D eigenvalue weighted by Crippen LogP contribution is -2.57. The molecular formula is C16H25ClN2O2. The fourth-order valence-corrected chi connectivity index (χ4v) is 2.51. The van der Waals surface area contributed by atoms with Crippen LogP contribution in [0.4, 0.5) is 0 Å². The predicted octanol–water partition coefficient (Wildman–Crippen LogP) is 2.39. The Morgan fingerprint density at radius 2 is 2.19 bits per heavy atom. The summed E-state index contributed by atoms with van der Waals surface area (Å²) in [6, 6.07) is 8.50. The summed E-state index contributed by atoms with van der Waals surface area (Å²) >= 11 is 0. The van der Waals surface area contributed by atoms with Gasteiger partial charge in [-0.15, -0.1) is 12.4 Å². The van der Waals surface area contributed by atoms with Crippen molar-refractivity contribution in [1.29, 1.82) is 0 Å². The van der Waals surface area contributed by atoms with Crippen molar-refractivity contribution in [2.45, 2.75) is 39.3 Å². The summed E-state index contributed by atoms with van der Waals surface area (Å²) in [6.07, 6.45) is 0.436. The minimum Gasteiger partial charge on any atom is -0.493 e. The number of aryl methyl sites for hydroxylation is 1. The topological polar surface area (TPSA) is 41.6 Å². The van der Waals surface area contributed by atoms with Gasteiger partial charge in [-0.3, -0.25) is 4.79 Å². The van der Waals surface area contributed by atoms with E-state index in [1.54, 1.807) is 0 Å². The van der Waals surface area contributed by atoms with E-state index >= 15 is 0 Å². The van der Waals surface area contributed by atoms with Crippen LogP contribution >= 0.6 is 12.4 Å². The second-order valence-corrected chi connectivity index (χ2v) is 5.49. The Balaban J connectivity index is 0.00000220. The van der Waals surface area contributed by atoms with Crippen molar-refractivity contribution < 1.29 is 9.53 Å². The third kappa shape index (κ3) is 4.90.